The summed E-state index contributed by atoms with van der Waals surface area (Å²) in [5, 5.41) is 17.2. The zero-order valence-corrected chi connectivity index (χ0v) is 34.0. The van der Waals surface area contributed by atoms with Crippen molar-refractivity contribution < 1.29 is 9.67 Å². The summed E-state index contributed by atoms with van der Waals surface area (Å²) in [6.45, 7) is 0. The van der Waals surface area contributed by atoms with E-state index < -0.39 is 7.14 Å². The summed E-state index contributed by atoms with van der Waals surface area (Å²) in [6.07, 6.45) is 0. The van der Waals surface area contributed by atoms with Gasteiger partial charge in [0.2, 0.25) is 0 Å². The molecule has 0 unspecified atom stereocenters. The fourth-order valence-corrected chi connectivity index (χ4v) is 7.69. The Morgan fingerprint density at radius 2 is 1.08 bits per heavy atom. The number of hydrogen-bond acceptors (Lipinski definition) is 2. The average Bonchev–Trinajstić information content (AvgIpc) is 2.93. The molecule has 0 spiro atoms. The molecule has 6 aromatic carbocycles. The first-order valence-corrected chi connectivity index (χ1v) is 13.2. The molecule has 0 radical (unpaired) electrons. The van der Waals surface area contributed by atoms with Crippen molar-refractivity contribution >= 4 is 44.6 Å². The quantitative estimate of drug-likeness (QED) is 0.160. The summed E-state index contributed by atoms with van der Waals surface area (Å²) >= 11 is 0. The Balaban J connectivity index is 0.00000160. The predicted molar refractivity (Wildman–Crippen MR) is 146 cm³/mol. The van der Waals surface area contributed by atoms with Crippen molar-refractivity contribution in [3.05, 3.63) is 133 Å². The van der Waals surface area contributed by atoms with Crippen molar-refractivity contribution in [2.24, 2.45) is 0 Å². The molecule has 0 saturated heterocycles. The Kier molecular flexibility index (Phi) is 6.00. The van der Waals surface area contributed by atoms with Gasteiger partial charge in [0.05, 0.1) is 7.14 Å². The van der Waals surface area contributed by atoms with E-state index in [1.807, 2.05) is 103 Å². The third-order valence-electron chi connectivity index (χ3n) is 6.51. The second-order valence-corrected chi connectivity index (χ2v) is 11.2. The van der Waals surface area contributed by atoms with Gasteiger partial charge in [0, 0.05) is 16.4 Å². The van der Waals surface area contributed by atoms with E-state index in [-0.39, 0.29) is 5.75 Å². The van der Waals surface area contributed by atoms with Gasteiger partial charge in [-0.1, -0.05) is 77.3 Å². The van der Waals surface area contributed by atoms with Crippen LogP contribution in [-0.4, -0.2) is 5.11 Å². The van der Waals surface area contributed by atoms with Crippen LogP contribution in [0.4, 0.5) is 0 Å². The summed E-state index contributed by atoms with van der Waals surface area (Å²) in [4.78, 5) is 0. The van der Waals surface area contributed by atoms with Crippen LogP contribution in [0.2, 0.25) is 0 Å². The normalized spacial score (nSPS) is 11.0. The van der Waals surface area contributed by atoms with Gasteiger partial charge in [-0.25, -0.2) is 0 Å². The molecule has 172 valence electrons. The number of benzene rings is 6. The molecular weight excluding hydrogens is 981 g/mol. The first kappa shape index (κ1) is 24.0. The number of hydrogen-bond donors (Lipinski definition) is 1. The van der Waals surface area contributed by atoms with E-state index in [1.54, 1.807) is 18.2 Å². The third-order valence-corrected chi connectivity index (χ3v) is 9.57. The topological polar surface area (TPSA) is 37.3 Å². The van der Waals surface area contributed by atoms with Crippen LogP contribution in [0.25, 0.3) is 32.7 Å². The van der Waals surface area contributed by atoms with Crippen LogP contribution in [-0.2, 0) is 4.57 Å². The Morgan fingerprint density at radius 3 is 1.62 bits per heavy atom. The van der Waals surface area contributed by atoms with Crippen LogP contribution < -0.4 is 15.9 Å². The average molecular weight is 1000 g/mol. The van der Waals surface area contributed by atoms with Gasteiger partial charge in [0.25, 0.3) is 0 Å². The molecule has 0 amide bonds. The van der Waals surface area contributed by atoms with Crippen LogP contribution in [0.3, 0.4) is 0 Å². The van der Waals surface area contributed by atoms with E-state index >= 15 is 4.57 Å². The fraction of sp³-hybridized carbons (Fsp3) is 0. The Hall–Kier alpha value is -6.13. The molecule has 0 saturated carbocycles. The Labute approximate surface area is 204 Å². The Morgan fingerprint density at radius 1 is 0.568 bits per heavy atom. The minimum absolute atomic E-state index is 0. The van der Waals surface area contributed by atoms with Crippen molar-refractivity contribution in [2.75, 3.05) is 0 Å². The summed E-state index contributed by atoms with van der Waals surface area (Å²) in [7, 11) is -3.36. The van der Waals surface area contributed by atoms with Gasteiger partial charge in [-0.15, -0.1) is 0 Å². The van der Waals surface area contributed by atoms with Gasteiger partial charge in [0.15, 0.2) is 0 Å². The summed E-state index contributed by atoms with van der Waals surface area (Å²) < 4.78 is 15.4. The molecule has 5 heteroatoms. The molecule has 2 nitrogen and oxygen atoms in total. The Bertz CT molecular complexity index is 1690. The van der Waals surface area contributed by atoms with Gasteiger partial charge in [-0.3, -0.25) is 0 Å². The maximum atomic E-state index is 15.4. The third kappa shape index (κ3) is 3.64. The monoisotopic (exact) mass is 1000 g/mol. The number of phenols is 1. The van der Waals surface area contributed by atoms with Crippen molar-refractivity contribution in [2.45, 2.75) is 0 Å². The molecular formula is C32H21O2PRf2-2. The van der Waals surface area contributed by atoms with Crippen LogP contribution in [0.1, 0.15) is 0 Å². The SMILES string of the molecule is O=P(c1c[c-]ccc1)(c1c[c-]ccc1)c1ccc2ccccc2c1-c1c(O)ccc2ccccc12.[Rf].[Rf]. The zero-order chi connectivity index (χ0) is 23.8. The van der Waals surface area contributed by atoms with Gasteiger partial charge in [0.1, 0.15) is 5.75 Å². The van der Waals surface area contributed by atoms with Crippen LogP contribution in [0.5, 0.6) is 5.75 Å². The van der Waals surface area contributed by atoms with Crippen molar-refractivity contribution in [3.63, 3.8) is 0 Å². The van der Waals surface area contributed by atoms with E-state index in [4.69, 9.17) is 0 Å². The molecule has 0 aliphatic carbocycles. The molecule has 0 aromatic heterocycles. The van der Waals surface area contributed by atoms with Crippen LogP contribution >= 0.6 is 7.14 Å². The van der Waals surface area contributed by atoms with Crippen molar-refractivity contribution in [3.8, 4) is 16.9 Å². The fourth-order valence-electron chi connectivity index (χ4n) is 4.89. The van der Waals surface area contributed by atoms with Gasteiger partial charge in [-0.2, -0.15) is 60.7 Å². The predicted octanol–water partition coefficient (Wildman–Crippen LogP) is 6.61. The molecule has 0 fully saturated rings. The summed E-state index contributed by atoms with van der Waals surface area (Å²) in [5.74, 6) is 0.159. The molecule has 0 bridgehead atoms. The van der Waals surface area contributed by atoms with E-state index in [2.05, 4.69) is 12.1 Å². The number of fused-ring (bicyclic) bond motifs is 2. The van der Waals surface area contributed by atoms with E-state index in [0.29, 0.717) is 21.5 Å². The maximum absolute atomic E-state index is 15.4. The molecule has 0 aliphatic rings. The standard InChI is InChI=1S/C32H21O2P.2Rf/c33-29-21-19-23-11-7-9-17-27(23)31(29)32-28-18-10-8-12-24(28)20-22-30(32)35(34,25-13-3-1-4-14-25)26-15-5-2-6-16-26;;/h1-3,5,7-22,33H;;/q-2;;. The van der Waals surface area contributed by atoms with Crippen molar-refractivity contribution in [1.82, 2.24) is 0 Å². The zero-order valence-electron chi connectivity index (χ0n) is 20.3. The van der Waals surface area contributed by atoms with E-state index in [9.17, 15) is 5.11 Å². The summed E-state index contributed by atoms with van der Waals surface area (Å²) in [6, 6.07) is 44.6. The van der Waals surface area contributed by atoms with E-state index in [0.717, 1.165) is 27.1 Å². The molecule has 6 rings (SSSR count). The minimum atomic E-state index is -3.36. The first-order chi connectivity index (χ1) is 17.2. The molecule has 0 aliphatic heterocycles. The van der Waals surface area contributed by atoms with Crippen LogP contribution in [0, 0.1) is 12.1 Å². The molecule has 37 heavy (non-hydrogen) atoms. The second kappa shape index (κ2) is 9.25. The van der Waals surface area contributed by atoms with Crippen LogP contribution in [0.15, 0.2) is 121 Å². The molecule has 1 N–H and O–H groups in total. The summed E-state index contributed by atoms with van der Waals surface area (Å²) in [5.41, 5.74) is 1.48. The molecule has 6 aromatic rings. The molecule has 0 atom stereocenters. The van der Waals surface area contributed by atoms with E-state index in [1.165, 1.54) is 0 Å². The minimum Gasteiger partial charge on any atom is -0.507 e. The smallest absolute Gasteiger partial charge is 0.124 e. The van der Waals surface area contributed by atoms with Crippen molar-refractivity contribution in [1.29, 1.82) is 0 Å². The number of rotatable bonds is 4. The van der Waals surface area contributed by atoms with Gasteiger partial charge >= 0.3 is 0 Å². The number of phenolic OH excluding ortho intramolecular Hbond substituents is 1. The maximum Gasteiger partial charge on any atom is 0.124 e. The van der Waals surface area contributed by atoms with Gasteiger partial charge < -0.3 is 9.67 Å². The van der Waals surface area contributed by atoms with Gasteiger partial charge in [-0.05, 0) is 27.6 Å². The molecule has 0 heterocycles. The number of aromatic hydroxyl groups is 1. The first-order valence-electron chi connectivity index (χ1n) is 11.4. The largest absolute Gasteiger partial charge is 0.507 e. The second-order valence-electron chi connectivity index (χ2n) is 8.49.